The molecular weight excluding hydrogens is 232 g/mol. The number of aliphatic hydroxyl groups excluding tert-OH is 1. The standard InChI is InChI=1S/C13H24N2O3/c16-8-7-14-3-5-15(6-4-14)11-13(12-17)1-9-18-10-2-13/h12,16H,1-11H2. The Morgan fingerprint density at radius 3 is 2.28 bits per heavy atom. The second-order valence-electron chi connectivity index (χ2n) is 5.43. The van der Waals surface area contributed by atoms with Crippen LogP contribution in [0.3, 0.4) is 0 Å². The molecule has 104 valence electrons. The highest BCUT2D eigenvalue weighted by molar-refractivity contribution is 5.60. The highest BCUT2D eigenvalue weighted by Crippen LogP contribution is 2.29. The Bertz CT molecular complexity index is 259. The molecule has 0 aromatic carbocycles. The lowest BCUT2D eigenvalue weighted by atomic mass is 9.81. The molecule has 0 saturated carbocycles. The van der Waals surface area contributed by atoms with Crippen molar-refractivity contribution in [3.63, 3.8) is 0 Å². The van der Waals surface area contributed by atoms with Gasteiger partial charge in [0.1, 0.15) is 6.29 Å². The van der Waals surface area contributed by atoms with Crippen LogP contribution < -0.4 is 0 Å². The first-order valence-electron chi connectivity index (χ1n) is 6.88. The molecule has 2 fully saturated rings. The monoisotopic (exact) mass is 256 g/mol. The second kappa shape index (κ2) is 6.61. The fourth-order valence-electron chi connectivity index (χ4n) is 2.85. The molecule has 2 aliphatic rings. The van der Waals surface area contributed by atoms with Gasteiger partial charge < -0.3 is 14.6 Å². The van der Waals surface area contributed by atoms with Crippen LogP contribution in [0.15, 0.2) is 0 Å². The maximum atomic E-state index is 11.4. The number of ether oxygens (including phenoxy) is 1. The molecule has 0 atom stereocenters. The molecule has 0 bridgehead atoms. The lowest BCUT2D eigenvalue weighted by molar-refractivity contribution is -0.123. The third-order valence-electron chi connectivity index (χ3n) is 4.16. The van der Waals surface area contributed by atoms with Crippen molar-refractivity contribution in [3.05, 3.63) is 0 Å². The summed E-state index contributed by atoms with van der Waals surface area (Å²) >= 11 is 0. The number of hydrogen-bond donors (Lipinski definition) is 1. The van der Waals surface area contributed by atoms with Crippen LogP contribution in [0.2, 0.25) is 0 Å². The zero-order valence-corrected chi connectivity index (χ0v) is 11.0. The topological polar surface area (TPSA) is 53.0 Å². The molecule has 0 aliphatic carbocycles. The van der Waals surface area contributed by atoms with Crippen LogP contribution in [-0.4, -0.2) is 80.3 Å². The first-order valence-corrected chi connectivity index (χ1v) is 6.88. The van der Waals surface area contributed by atoms with E-state index in [1.807, 2.05) is 0 Å². The summed E-state index contributed by atoms with van der Waals surface area (Å²) in [5, 5.41) is 8.91. The summed E-state index contributed by atoms with van der Waals surface area (Å²) in [5.74, 6) is 0. The normalized spacial score (nSPS) is 26.1. The van der Waals surface area contributed by atoms with Crippen molar-refractivity contribution in [1.29, 1.82) is 0 Å². The third kappa shape index (κ3) is 3.51. The average molecular weight is 256 g/mol. The Morgan fingerprint density at radius 2 is 1.72 bits per heavy atom. The van der Waals surface area contributed by atoms with Crippen LogP contribution in [0.25, 0.3) is 0 Å². The summed E-state index contributed by atoms with van der Waals surface area (Å²) in [6, 6.07) is 0. The summed E-state index contributed by atoms with van der Waals surface area (Å²) in [6.07, 6.45) is 2.86. The molecule has 0 aromatic rings. The van der Waals surface area contributed by atoms with E-state index in [0.717, 1.165) is 58.4 Å². The van der Waals surface area contributed by atoms with E-state index in [1.54, 1.807) is 0 Å². The quantitative estimate of drug-likeness (QED) is 0.678. The molecule has 5 nitrogen and oxygen atoms in total. The number of β-amino-alcohol motifs (C(OH)–C–C–N with tert-alkyl or cyclic N) is 1. The first-order chi connectivity index (χ1) is 8.78. The molecule has 18 heavy (non-hydrogen) atoms. The van der Waals surface area contributed by atoms with Gasteiger partial charge in [-0.25, -0.2) is 0 Å². The molecule has 0 unspecified atom stereocenters. The maximum Gasteiger partial charge on any atom is 0.127 e. The van der Waals surface area contributed by atoms with Crippen molar-refractivity contribution >= 4 is 6.29 Å². The molecule has 2 heterocycles. The molecule has 5 heteroatoms. The van der Waals surface area contributed by atoms with Crippen LogP contribution in [0.5, 0.6) is 0 Å². The molecule has 2 rings (SSSR count). The van der Waals surface area contributed by atoms with Gasteiger partial charge in [-0.15, -0.1) is 0 Å². The Labute approximate surface area is 109 Å². The van der Waals surface area contributed by atoms with E-state index < -0.39 is 0 Å². The minimum absolute atomic E-state index is 0.183. The van der Waals surface area contributed by atoms with Gasteiger partial charge in [0.15, 0.2) is 0 Å². The highest BCUT2D eigenvalue weighted by Gasteiger charge is 2.34. The number of nitrogens with zero attached hydrogens (tertiary/aromatic N) is 2. The lowest BCUT2D eigenvalue weighted by Crippen LogP contribution is -2.51. The van der Waals surface area contributed by atoms with Crippen molar-refractivity contribution in [2.45, 2.75) is 12.8 Å². The Balaban J connectivity index is 1.80. The highest BCUT2D eigenvalue weighted by atomic mass is 16.5. The molecule has 2 saturated heterocycles. The zero-order chi connectivity index (χ0) is 12.8. The van der Waals surface area contributed by atoms with Gasteiger partial charge in [0, 0.05) is 57.9 Å². The summed E-state index contributed by atoms with van der Waals surface area (Å²) in [7, 11) is 0. The van der Waals surface area contributed by atoms with E-state index in [0.29, 0.717) is 13.2 Å². The number of hydrogen-bond acceptors (Lipinski definition) is 5. The van der Waals surface area contributed by atoms with E-state index in [-0.39, 0.29) is 12.0 Å². The van der Waals surface area contributed by atoms with Crippen LogP contribution in [-0.2, 0) is 9.53 Å². The number of carbonyl (C=O) groups is 1. The summed E-state index contributed by atoms with van der Waals surface area (Å²) in [5.41, 5.74) is -0.183. The zero-order valence-electron chi connectivity index (χ0n) is 11.0. The summed E-state index contributed by atoms with van der Waals surface area (Å²) in [6.45, 7) is 7.26. The molecule has 2 aliphatic heterocycles. The predicted molar refractivity (Wildman–Crippen MR) is 68.5 cm³/mol. The maximum absolute atomic E-state index is 11.4. The van der Waals surface area contributed by atoms with Gasteiger partial charge in [-0.05, 0) is 12.8 Å². The lowest BCUT2D eigenvalue weighted by Gasteiger charge is -2.40. The Hall–Kier alpha value is -0.490. The van der Waals surface area contributed by atoms with Gasteiger partial charge in [0.2, 0.25) is 0 Å². The van der Waals surface area contributed by atoms with E-state index in [1.165, 1.54) is 0 Å². The van der Waals surface area contributed by atoms with Gasteiger partial charge in [0.25, 0.3) is 0 Å². The number of carbonyl (C=O) groups excluding carboxylic acids is 1. The Morgan fingerprint density at radius 1 is 1.11 bits per heavy atom. The molecule has 0 radical (unpaired) electrons. The van der Waals surface area contributed by atoms with Crippen molar-refractivity contribution < 1.29 is 14.6 Å². The predicted octanol–water partition coefficient (Wildman–Crippen LogP) is -0.408. The summed E-state index contributed by atoms with van der Waals surface area (Å²) < 4.78 is 5.35. The number of rotatable bonds is 5. The van der Waals surface area contributed by atoms with Crippen LogP contribution in [0, 0.1) is 5.41 Å². The van der Waals surface area contributed by atoms with Gasteiger partial charge >= 0.3 is 0 Å². The van der Waals surface area contributed by atoms with Crippen LogP contribution in [0.4, 0.5) is 0 Å². The van der Waals surface area contributed by atoms with E-state index in [2.05, 4.69) is 9.80 Å². The second-order valence-corrected chi connectivity index (χ2v) is 5.43. The minimum atomic E-state index is -0.183. The van der Waals surface area contributed by atoms with Gasteiger partial charge in [-0.1, -0.05) is 0 Å². The fraction of sp³-hybridized carbons (Fsp3) is 0.923. The van der Waals surface area contributed by atoms with E-state index >= 15 is 0 Å². The average Bonchev–Trinajstić information content (AvgIpc) is 2.42. The molecule has 0 spiro atoms. The van der Waals surface area contributed by atoms with Crippen molar-refractivity contribution in [1.82, 2.24) is 9.80 Å². The fourth-order valence-corrected chi connectivity index (χ4v) is 2.85. The Kier molecular flexibility index (Phi) is 5.12. The SMILES string of the molecule is O=CC1(CN2CCN(CCO)CC2)CCOCC1. The molecule has 0 amide bonds. The van der Waals surface area contributed by atoms with Crippen molar-refractivity contribution in [2.75, 3.05) is 59.1 Å². The minimum Gasteiger partial charge on any atom is -0.395 e. The van der Waals surface area contributed by atoms with Gasteiger partial charge in [-0.3, -0.25) is 9.80 Å². The van der Waals surface area contributed by atoms with Crippen LogP contribution in [0.1, 0.15) is 12.8 Å². The molecule has 0 aromatic heterocycles. The number of aliphatic hydroxyl groups is 1. The third-order valence-corrected chi connectivity index (χ3v) is 4.16. The van der Waals surface area contributed by atoms with Gasteiger partial charge in [0.05, 0.1) is 6.61 Å². The first kappa shape index (κ1) is 13.9. The van der Waals surface area contributed by atoms with Gasteiger partial charge in [-0.2, -0.15) is 0 Å². The molecular formula is C13H24N2O3. The van der Waals surface area contributed by atoms with Crippen LogP contribution >= 0.6 is 0 Å². The number of aldehydes is 1. The van der Waals surface area contributed by atoms with Crippen molar-refractivity contribution in [2.24, 2.45) is 5.41 Å². The summed E-state index contributed by atoms with van der Waals surface area (Å²) in [4.78, 5) is 16.1. The molecule has 1 N–H and O–H groups in total. The van der Waals surface area contributed by atoms with E-state index in [4.69, 9.17) is 9.84 Å². The van der Waals surface area contributed by atoms with Crippen molar-refractivity contribution in [3.8, 4) is 0 Å². The number of piperazine rings is 1. The van der Waals surface area contributed by atoms with E-state index in [9.17, 15) is 4.79 Å². The smallest absolute Gasteiger partial charge is 0.127 e. The largest absolute Gasteiger partial charge is 0.395 e.